The molecule has 1 aliphatic rings. The van der Waals surface area contributed by atoms with Gasteiger partial charge in [0.15, 0.2) is 5.82 Å². The minimum absolute atomic E-state index is 0.129. The lowest BCUT2D eigenvalue weighted by Crippen LogP contribution is -2.49. The number of hydrogen-bond acceptors (Lipinski definition) is 10. The SMILES string of the molecule is CCOC(=O)Cn1nnnc1-c1cc(N2CCN(C(=O)OCc3ccccc3)CC2)no1. The number of carbonyl (C=O) groups excluding carboxylic acids is 2. The van der Waals surface area contributed by atoms with Crippen LogP contribution >= 0.6 is 0 Å². The van der Waals surface area contributed by atoms with Crippen LogP contribution in [-0.2, 0) is 27.4 Å². The minimum Gasteiger partial charge on any atom is -0.465 e. The third-order valence-corrected chi connectivity index (χ3v) is 4.90. The Morgan fingerprint density at radius 3 is 2.62 bits per heavy atom. The van der Waals surface area contributed by atoms with Crippen molar-refractivity contribution in [2.24, 2.45) is 0 Å². The number of esters is 1. The summed E-state index contributed by atoms with van der Waals surface area (Å²) < 4.78 is 17.0. The third kappa shape index (κ3) is 5.02. The molecule has 0 aliphatic carbocycles. The first kappa shape index (κ1) is 21.3. The van der Waals surface area contributed by atoms with Crippen LogP contribution in [0.15, 0.2) is 40.9 Å². The number of benzene rings is 1. The summed E-state index contributed by atoms with van der Waals surface area (Å²) in [7, 11) is 0. The van der Waals surface area contributed by atoms with Crippen molar-refractivity contribution in [3.05, 3.63) is 42.0 Å². The summed E-state index contributed by atoms with van der Waals surface area (Å²) in [6, 6.07) is 11.3. The highest BCUT2D eigenvalue weighted by Crippen LogP contribution is 2.23. The average molecular weight is 441 g/mol. The number of anilines is 1. The normalized spacial score (nSPS) is 13.8. The van der Waals surface area contributed by atoms with E-state index >= 15 is 0 Å². The first-order valence-corrected chi connectivity index (χ1v) is 10.2. The fourth-order valence-electron chi connectivity index (χ4n) is 3.27. The Balaban J connectivity index is 1.31. The molecule has 3 aromatic rings. The smallest absolute Gasteiger partial charge is 0.410 e. The maximum absolute atomic E-state index is 12.3. The first-order chi connectivity index (χ1) is 15.6. The van der Waals surface area contributed by atoms with Crippen LogP contribution in [0.5, 0.6) is 0 Å². The summed E-state index contributed by atoms with van der Waals surface area (Å²) in [5.41, 5.74) is 0.944. The highest BCUT2D eigenvalue weighted by atomic mass is 16.6. The van der Waals surface area contributed by atoms with Crippen molar-refractivity contribution in [1.29, 1.82) is 0 Å². The fourth-order valence-corrected chi connectivity index (χ4v) is 3.27. The maximum atomic E-state index is 12.3. The quantitative estimate of drug-likeness (QED) is 0.495. The number of piperazine rings is 1. The van der Waals surface area contributed by atoms with E-state index in [0.29, 0.717) is 37.8 Å². The van der Waals surface area contributed by atoms with E-state index in [0.717, 1.165) is 5.56 Å². The minimum atomic E-state index is -0.448. The summed E-state index contributed by atoms with van der Waals surface area (Å²) >= 11 is 0. The van der Waals surface area contributed by atoms with Crippen LogP contribution in [0, 0.1) is 0 Å². The van der Waals surface area contributed by atoms with Crippen molar-refractivity contribution in [1.82, 2.24) is 30.3 Å². The number of ether oxygens (including phenoxy) is 2. The van der Waals surface area contributed by atoms with Crippen LogP contribution in [-0.4, -0.2) is 75.1 Å². The molecule has 0 unspecified atom stereocenters. The van der Waals surface area contributed by atoms with Crippen LogP contribution in [0.1, 0.15) is 12.5 Å². The highest BCUT2D eigenvalue weighted by Gasteiger charge is 2.25. The number of aromatic nitrogens is 5. The van der Waals surface area contributed by atoms with E-state index in [4.69, 9.17) is 14.0 Å². The molecule has 1 fully saturated rings. The lowest BCUT2D eigenvalue weighted by atomic mass is 10.2. The Bertz CT molecular complexity index is 1040. The van der Waals surface area contributed by atoms with E-state index in [1.807, 2.05) is 35.2 Å². The standard InChI is InChI=1S/C20H23N7O5/c1-2-30-18(28)13-27-19(21-23-24-27)16-12-17(22-32-16)25-8-10-26(11-9-25)20(29)31-14-15-6-4-3-5-7-15/h3-7,12H,2,8-11,13-14H2,1H3. The predicted molar refractivity (Wildman–Crippen MR) is 110 cm³/mol. The average Bonchev–Trinajstić information content (AvgIpc) is 3.48. The molecule has 0 spiro atoms. The van der Waals surface area contributed by atoms with Crippen molar-refractivity contribution in [2.75, 3.05) is 37.7 Å². The number of amides is 1. The van der Waals surface area contributed by atoms with E-state index in [1.54, 1.807) is 17.9 Å². The molecule has 1 aromatic carbocycles. The molecular formula is C20H23N7O5. The largest absolute Gasteiger partial charge is 0.465 e. The van der Waals surface area contributed by atoms with Crippen LogP contribution < -0.4 is 4.90 Å². The molecule has 1 aliphatic heterocycles. The van der Waals surface area contributed by atoms with Crippen molar-refractivity contribution in [2.45, 2.75) is 20.1 Å². The zero-order valence-electron chi connectivity index (χ0n) is 17.6. The molecule has 4 rings (SSSR count). The van der Waals surface area contributed by atoms with Crippen molar-refractivity contribution in [3.63, 3.8) is 0 Å². The molecule has 0 bridgehead atoms. The zero-order valence-corrected chi connectivity index (χ0v) is 17.6. The van der Waals surface area contributed by atoms with Crippen LogP contribution in [0.2, 0.25) is 0 Å². The molecule has 0 N–H and O–H groups in total. The van der Waals surface area contributed by atoms with E-state index in [9.17, 15) is 9.59 Å². The van der Waals surface area contributed by atoms with Gasteiger partial charge in [-0.1, -0.05) is 35.5 Å². The van der Waals surface area contributed by atoms with Gasteiger partial charge in [-0.15, -0.1) is 5.10 Å². The molecule has 168 valence electrons. The van der Waals surface area contributed by atoms with Crippen LogP contribution in [0.3, 0.4) is 0 Å². The second-order valence-electron chi connectivity index (χ2n) is 7.03. The molecular weight excluding hydrogens is 418 g/mol. The fraction of sp³-hybridized carbons (Fsp3) is 0.400. The summed E-state index contributed by atoms with van der Waals surface area (Å²) in [6.45, 7) is 4.24. The molecule has 0 saturated carbocycles. The lowest BCUT2D eigenvalue weighted by molar-refractivity contribution is -0.144. The van der Waals surface area contributed by atoms with Gasteiger partial charge in [0.2, 0.25) is 11.6 Å². The molecule has 32 heavy (non-hydrogen) atoms. The summed E-state index contributed by atoms with van der Waals surface area (Å²) in [4.78, 5) is 27.7. The summed E-state index contributed by atoms with van der Waals surface area (Å²) in [5, 5.41) is 15.4. The van der Waals surface area contributed by atoms with Crippen molar-refractivity contribution in [3.8, 4) is 11.6 Å². The van der Waals surface area contributed by atoms with E-state index in [-0.39, 0.29) is 31.7 Å². The van der Waals surface area contributed by atoms with E-state index in [2.05, 4.69) is 20.7 Å². The van der Waals surface area contributed by atoms with E-state index < -0.39 is 5.97 Å². The molecule has 12 nitrogen and oxygen atoms in total. The van der Waals surface area contributed by atoms with Crippen molar-refractivity contribution < 1.29 is 23.6 Å². The van der Waals surface area contributed by atoms with Crippen LogP contribution in [0.4, 0.5) is 10.6 Å². The van der Waals surface area contributed by atoms with Gasteiger partial charge in [0, 0.05) is 32.2 Å². The maximum Gasteiger partial charge on any atom is 0.410 e. The molecule has 0 radical (unpaired) electrons. The summed E-state index contributed by atoms with van der Waals surface area (Å²) in [5.74, 6) is 0.762. The predicted octanol–water partition coefficient (Wildman–Crippen LogP) is 1.35. The first-order valence-electron chi connectivity index (χ1n) is 10.2. The molecule has 3 heterocycles. The third-order valence-electron chi connectivity index (χ3n) is 4.90. The van der Waals surface area contributed by atoms with Gasteiger partial charge >= 0.3 is 12.1 Å². The Labute approximate surface area is 183 Å². The second-order valence-corrected chi connectivity index (χ2v) is 7.03. The number of carbonyl (C=O) groups is 2. The number of hydrogen-bond donors (Lipinski definition) is 0. The number of rotatable bonds is 7. The highest BCUT2D eigenvalue weighted by molar-refractivity contribution is 5.70. The van der Waals surface area contributed by atoms with Gasteiger partial charge in [-0.25, -0.2) is 9.48 Å². The van der Waals surface area contributed by atoms with Gasteiger partial charge in [-0.05, 0) is 22.9 Å². The monoisotopic (exact) mass is 441 g/mol. The number of nitrogens with zero attached hydrogens (tertiary/aromatic N) is 7. The van der Waals surface area contributed by atoms with E-state index in [1.165, 1.54) is 4.68 Å². The van der Waals surface area contributed by atoms with Gasteiger partial charge in [0.05, 0.1) is 6.61 Å². The molecule has 1 amide bonds. The summed E-state index contributed by atoms with van der Waals surface area (Å²) in [6.07, 6.45) is -0.340. The Morgan fingerprint density at radius 1 is 1.09 bits per heavy atom. The number of tetrazole rings is 1. The molecule has 2 aromatic heterocycles. The van der Waals surface area contributed by atoms with Crippen LogP contribution in [0.25, 0.3) is 11.6 Å². The molecule has 12 heteroatoms. The Kier molecular flexibility index (Phi) is 6.58. The van der Waals surface area contributed by atoms with Gasteiger partial charge < -0.3 is 23.8 Å². The molecule has 1 saturated heterocycles. The van der Waals surface area contributed by atoms with Gasteiger partial charge in [0.1, 0.15) is 13.2 Å². The zero-order chi connectivity index (χ0) is 22.3. The van der Waals surface area contributed by atoms with Crippen molar-refractivity contribution >= 4 is 17.9 Å². The molecule has 0 atom stereocenters. The lowest BCUT2D eigenvalue weighted by Gasteiger charge is -2.33. The van der Waals surface area contributed by atoms with Gasteiger partial charge in [-0.3, -0.25) is 4.79 Å². The van der Waals surface area contributed by atoms with Gasteiger partial charge in [0.25, 0.3) is 0 Å². The van der Waals surface area contributed by atoms with Gasteiger partial charge in [-0.2, -0.15) is 0 Å². The second kappa shape index (κ2) is 9.90. The Morgan fingerprint density at radius 2 is 1.88 bits per heavy atom. The topological polar surface area (TPSA) is 129 Å². The Hall–Kier alpha value is -3.96.